The average molecular weight is 127 g/mol. The Morgan fingerprint density at radius 3 is 3.11 bits per heavy atom. The monoisotopic (exact) mass is 127 g/mol. The molecular weight excluding hydrogens is 118 g/mol. The van der Waals surface area contributed by atoms with Gasteiger partial charge in [0.15, 0.2) is 0 Å². The molecule has 1 aliphatic rings. The van der Waals surface area contributed by atoms with E-state index in [1.165, 1.54) is 0 Å². The summed E-state index contributed by atoms with van der Waals surface area (Å²) in [6, 6.07) is 0. The van der Waals surface area contributed by atoms with Crippen LogP contribution in [-0.2, 0) is 9.53 Å². The average Bonchev–Trinajstić information content (AvgIpc) is 2.33. The van der Waals surface area contributed by atoms with Gasteiger partial charge in [-0.3, -0.25) is 5.32 Å². The molecule has 0 bridgehead atoms. The number of rotatable bonds is 1. The summed E-state index contributed by atoms with van der Waals surface area (Å²) >= 11 is 0. The number of ether oxygens (including phenoxy) is 1. The van der Waals surface area contributed by atoms with Gasteiger partial charge in [-0.25, -0.2) is 4.79 Å². The van der Waals surface area contributed by atoms with Crippen molar-refractivity contribution in [1.82, 2.24) is 5.32 Å². The highest BCUT2D eigenvalue weighted by atomic mass is 16.5. The predicted octanol–water partition coefficient (Wildman–Crippen LogP) is -0.290. The third kappa shape index (κ3) is 1.19. The van der Waals surface area contributed by atoms with Crippen LogP contribution in [0, 0.1) is 0 Å². The molecule has 1 fully saturated rings. The van der Waals surface area contributed by atoms with E-state index < -0.39 is 0 Å². The molecule has 0 aromatic heterocycles. The normalized spacial score (nSPS) is 26.3. The summed E-state index contributed by atoms with van der Waals surface area (Å²) in [5, 5.41) is 2.99. The Balaban J connectivity index is 2.62. The zero-order chi connectivity index (χ0) is 6.69. The van der Waals surface area contributed by atoms with Gasteiger partial charge in [0.1, 0.15) is 12.2 Å². The molecule has 0 radical (unpaired) electrons. The fraction of sp³-hybridized carbons (Fsp3) is 0.667. The predicted molar refractivity (Wildman–Crippen MR) is 32.6 cm³/mol. The summed E-state index contributed by atoms with van der Waals surface area (Å²) in [5.74, 6) is 1.84. The van der Waals surface area contributed by atoms with Crippen LogP contribution in [-0.4, -0.2) is 25.8 Å². The summed E-state index contributed by atoms with van der Waals surface area (Å²) in [6.45, 7) is 0.822. The molecule has 0 aliphatic carbocycles. The Morgan fingerprint density at radius 1 is 1.89 bits per heavy atom. The summed E-state index contributed by atoms with van der Waals surface area (Å²) in [7, 11) is 1.57. The van der Waals surface area contributed by atoms with Crippen LogP contribution in [0.5, 0.6) is 0 Å². The molecule has 3 nitrogen and oxygen atoms in total. The van der Waals surface area contributed by atoms with Gasteiger partial charge in [0.05, 0.1) is 5.57 Å². The van der Waals surface area contributed by atoms with Crippen LogP contribution in [0.15, 0.2) is 5.57 Å². The van der Waals surface area contributed by atoms with Gasteiger partial charge in [0.2, 0.25) is 0 Å². The Morgan fingerprint density at radius 2 is 2.67 bits per heavy atom. The summed E-state index contributed by atoms with van der Waals surface area (Å²) in [5.41, 5.74) is 0.692. The topological polar surface area (TPSA) is 38.3 Å². The Labute approximate surface area is 53.7 Å². The van der Waals surface area contributed by atoms with Crippen molar-refractivity contribution in [2.75, 3.05) is 13.7 Å². The quantitative estimate of drug-likeness (QED) is 0.492. The Hall–Kier alpha value is -0.630. The summed E-state index contributed by atoms with van der Waals surface area (Å²) in [4.78, 5) is 10.1. The maximum Gasteiger partial charge on any atom is 0.140 e. The van der Waals surface area contributed by atoms with Crippen molar-refractivity contribution in [1.29, 1.82) is 0 Å². The maximum atomic E-state index is 10.1. The fourth-order valence-electron chi connectivity index (χ4n) is 0.922. The first-order valence-electron chi connectivity index (χ1n) is 2.88. The lowest BCUT2D eigenvalue weighted by molar-refractivity contribution is 0.120. The lowest BCUT2D eigenvalue weighted by Gasteiger charge is -2.05. The van der Waals surface area contributed by atoms with Crippen LogP contribution in [0.2, 0.25) is 0 Å². The van der Waals surface area contributed by atoms with Crippen molar-refractivity contribution < 1.29 is 9.53 Å². The van der Waals surface area contributed by atoms with E-state index >= 15 is 0 Å². The molecule has 0 saturated carbocycles. The van der Waals surface area contributed by atoms with Crippen molar-refractivity contribution in [3.63, 3.8) is 0 Å². The minimum absolute atomic E-state index is 0.178. The van der Waals surface area contributed by atoms with E-state index in [0.717, 1.165) is 13.0 Å². The smallest absolute Gasteiger partial charge is 0.140 e. The standard InChI is InChI=1S/C6H9NO2/c1-9-6-5(4-8)2-3-7-6/h6-7H,2-3H2,1H3. The minimum Gasteiger partial charge on any atom is -0.362 e. The van der Waals surface area contributed by atoms with Crippen LogP contribution < -0.4 is 5.32 Å². The second-order valence-electron chi connectivity index (χ2n) is 1.95. The molecule has 0 aromatic rings. The van der Waals surface area contributed by atoms with E-state index in [1.807, 2.05) is 5.94 Å². The maximum absolute atomic E-state index is 10.1. The second kappa shape index (κ2) is 2.78. The number of carbonyl (C=O) groups excluding carboxylic acids is 1. The van der Waals surface area contributed by atoms with Crippen LogP contribution in [0.3, 0.4) is 0 Å². The van der Waals surface area contributed by atoms with E-state index in [4.69, 9.17) is 4.74 Å². The van der Waals surface area contributed by atoms with E-state index in [9.17, 15) is 4.79 Å². The van der Waals surface area contributed by atoms with Crippen LogP contribution >= 0.6 is 0 Å². The Kier molecular flexibility index (Phi) is 2.01. The molecule has 0 amide bonds. The number of hydrogen-bond donors (Lipinski definition) is 1. The number of methoxy groups -OCH3 is 1. The van der Waals surface area contributed by atoms with Gasteiger partial charge in [-0.15, -0.1) is 0 Å². The third-order valence-corrected chi connectivity index (χ3v) is 1.41. The van der Waals surface area contributed by atoms with E-state index in [0.29, 0.717) is 5.57 Å². The SMILES string of the molecule is COC1NCCC1=C=O. The molecule has 1 aliphatic heterocycles. The second-order valence-corrected chi connectivity index (χ2v) is 1.95. The van der Waals surface area contributed by atoms with E-state index in [-0.39, 0.29) is 6.23 Å². The molecule has 50 valence electrons. The first-order valence-corrected chi connectivity index (χ1v) is 2.88. The molecule has 9 heavy (non-hydrogen) atoms. The molecule has 1 N–H and O–H groups in total. The van der Waals surface area contributed by atoms with Gasteiger partial charge >= 0.3 is 0 Å². The minimum atomic E-state index is -0.178. The number of nitrogens with one attached hydrogen (secondary N) is 1. The first-order chi connectivity index (χ1) is 4.38. The van der Waals surface area contributed by atoms with Gasteiger partial charge in [-0.05, 0) is 6.42 Å². The molecule has 1 saturated heterocycles. The van der Waals surface area contributed by atoms with Crippen molar-refractivity contribution in [2.45, 2.75) is 12.6 Å². The molecule has 0 aromatic carbocycles. The summed E-state index contributed by atoms with van der Waals surface area (Å²) < 4.78 is 4.90. The van der Waals surface area contributed by atoms with Crippen molar-refractivity contribution in [2.24, 2.45) is 0 Å². The fourth-order valence-corrected chi connectivity index (χ4v) is 0.922. The van der Waals surface area contributed by atoms with Crippen LogP contribution in [0.25, 0.3) is 0 Å². The van der Waals surface area contributed by atoms with Crippen LogP contribution in [0.1, 0.15) is 6.42 Å². The highest BCUT2D eigenvalue weighted by molar-refractivity contribution is 5.54. The van der Waals surface area contributed by atoms with Crippen molar-refractivity contribution >= 4 is 5.94 Å². The zero-order valence-electron chi connectivity index (χ0n) is 5.31. The van der Waals surface area contributed by atoms with Gasteiger partial charge in [-0.1, -0.05) is 0 Å². The van der Waals surface area contributed by atoms with Gasteiger partial charge in [0.25, 0.3) is 0 Å². The lowest BCUT2D eigenvalue weighted by Crippen LogP contribution is -2.24. The highest BCUT2D eigenvalue weighted by Crippen LogP contribution is 2.09. The Bertz CT molecular complexity index is 149. The molecule has 3 heteroatoms. The molecule has 1 unspecified atom stereocenters. The molecule has 1 rings (SSSR count). The van der Waals surface area contributed by atoms with Crippen molar-refractivity contribution in [3.8, 4) is 0 Å². The molecular formula is C6H9NO2. The first kappa shape index (κ1) is 6.49. The third-order valence-electron chi connectivity index (χ3n) is 1.41. The van der Waals surface area contributed by atoms with E-state index in [1.54, 1.807) is 7.11 Å². The zero-order valence-corrected chi connectivity index (χ0v) is 5.31. The highest BCUT2D eigenvalue weighted by Gasteiger charge is 2.19. The lowest BCUT2D eigenvalue weighted by atomic mass is 10.2. The van der Waals surface area contributed by atoms with Crippen LogP contribution in [0.4, 0.5) is 0 Å². The summed E-state index contributed by atoms with van der Waals surface area (Å²) in [6.07, 6.45) is 0.588. The molecule has 1 heterocycles. The van der Waals surface area contributed by atoms with Gasteiger partial charge < -0.3 is 4.74 Å². The molecule has 1 atom stereocenters. The molecule has 0 spiro atoms. The van der Waals surface area contributed by atoms with Crippen molar-refractivity contribution in [3.05, 3.63) is 5.57 Å². The van der Waals surface area contributed by atoms with Gasteiger partial charge in [-0.2, -0.15) is 0 Å². The van der Waals surface area contributed by atoms with Gasteiger partial charge in [0, 0.05) is 13.7 Å². The largest absolute Gasteiger partial charge is 0.362 e. The number of hydrogen-bond acceptors (Lipinski definition) is 3. The van der Waals surface area contributed by atoms with E-state index in [2.05, 4.69) is 5.32 Å².